The van der Waals surface area contributed by atoms with E-state index in [9.17, 15) is 4.79 Å². The number of carbonyl (C=O) groups is 1. The van der Waals surface area contributed by atoms with E-state index in [-0.39, 0.29) is 5.91 Å². The van der Waals surface area contributed by atoms with Crippen LogP contribution < -0.4 is 14.8 Å². The van der Waals surface area contributed by atoms with Crippen LogP contribution in [0.15, 0.2) is 54.0 Å². The number of nitrogens with one attached hydrogen (secondary N) is 2. The number of anilines is 1. The first kappa shape index (κ1) is 21.2. The van der Waals surface area contributed by atoms with Crippen LogP contribution in [0.2, 0.25) is 0 Å². The molecule has 2 aromatic carbocycles. The van der Waals surface area contributed by atoms with Crippen LogP contribution in [0.4, 0.5) is 5.13 Å². The number of methoxy groups -OCH3 is 2. The van der Waals surface area contributed by atoms with Gasteiger partial charge in [0.05, 0.1) is 25.6 Å². The van der Waals surface area contributed by atoms with Gasteiger partial charge in [0.2, 0.25) is 0 Å². The van der Waals surface area contributed by atoms with E-state index in [0.29, 0.717) is 27.2 Å². The van der Waals surface area contributed by atoms with E-state index in [4.69, 9.17) is 9.47 Å². The number of ether oxygens (including phenoxy) is 2. The lowest BCUT2D eigenvalue weighted by Crippen LogP contribution is -2.11. The van der Waals surface area contributed by atoms with Crippen LogP contribution in [-0.4, -0.2) is 35.1 Å². The molecular weight excluding hydrogens is 456 g/mol. The molecule has 166 valence electrons. The van der Waals surface area contributed by atoms with Crippen molar-refractivity contribution in [3.8, 4) is 33.3 Å². The van der Waals surface area contributed by atoms with Gasteiger partial charge in [-0.1, -0.05) is 18.2 Å². The third-order valence-electron chi connectivity index (χ3n) is 5.22. The molecule has 0 atom stereocenters. The zero-order valence-electron chi connectivity index (χ0n) is 18.1. The smallest absolute Gasteiger partial charge is 0.269 e. The molecular formula is C24H20N4O3S2. The third-order valence-corrected chi connectivity index (χ3v) is 7.19. The average molecular weight is 477 g/mol. The minimum Gasteiger partial charge on any atom is -0.493 e. The Morgan fingerprint density at radius 1 is 1.06 bits per heavy atom. The van der Waals surface area contributed by atoms with Gasteiger partial charge in [-0.15, -0.1) is 22.7 Å². The van der Waals surface area contributed by atoms with Gasteiger partial charge in [0, 0.05) is 33.6 Å². The minimum absolute atomic E-state index is 0.225. The Hall–Kier alpha value is -3.69. The molecule has 3 heterocycles. The molecule has 1 amide bonds. The van der Waals surface area contributed by atoms with Gasteiger partial charge >= 0.3 is 0 Å². The molecule has 0 saturated heterocycles. The number of aromatic nitrogens is 3. The summed E-state index contributed by atoms with van der Waals surface area (Å²) in [6.45, 7) is 1.83. The second-order valence-corrected chi connectivity index (χ2v) is 9.10. The Kier molecular flexibility index (Phi) is 5.57. The molecule has 0 aliphatic carbocycles. The van der Waals surface area contributed by atoms with Crippen molar-refractivity contribution in [1.29, 1.82) is 0 Å². The lowest BCUT2D eigenvalue weighted by atomic mass is 10.1. The first-order chi connectivity index (χ1) is 16.1. The highest BCUT2D eigenvalue weighted by atomic mass is 32.1. The van der Waals surface area contributed by atoms with Crippen LogP contribution in [0.5, 0.6) is 11.5 Å². The summed E-state index contributed by atoms with van der Waals surface area (Å²) in [5, 5.41) is 7.24. The highest BCUT2D eigenvalue weighted by Gasteiger charge is 2.19. The summed E-state index contributed by atoms with van der Waals surface area (Å²) in [5.74, 6) is 1.03. The SMILES string of the molecule is COc1ccc(-c2nc(C)c(C(=O)Nc3nc(-c4c[nH]c5ccccc45)cs3)s2)cc1OC. The van der Waals surface area contributed by atoms with Crippen molar-refractivity contribution in [2.24, 2.45) is 0 Å². The number of para-hydroxylation sites is 1. The van der Waals surface area contributed by atoms with Crippen LogP contribution in [0.1, 0.15) is 15.4 Å². The molecule has 0 bridgehead atoms. The predicted octanol–water partition coefficient (Wildman–Crippen LogP) is 5.99. The normalized spacial score (nSPS) is 11.0. The molecule has 5 rings (SSSR count). The number of hydrogen-bond acceptors (Lipinski definition) is 7. The first-order valence-electron chi connectivity index (χ1n) is 10.1. The van der Waals surface area contributed by atoms with Gasteiger partial charge in [-0.25, -0.2) is 9.97 Å². The molecule has 2 N–H and O–H groups in total. The summed E-state index contributed by atoms with van der Waals surface area (Å²) in [6, 6.07) is 13.6. The second-order valence-electron chi connectivity index (χ2n) is 7.24. The quantitative estimate of drug-likeness (QED) is 0.314. The highest BCUT2D eigenvalue weighted by molar-refractivity contribution is 7.17. The predicted molar refractivity (Wildman–Crippen MR) is 133 cm³/mol. The Balaban J connectivity index is 1.38. The van der Waals surface area contributed by atoms with Crippen molar-refractivity contribution in [3.63, 3.8) is 0 Å². The maximum absolute atomic E-state index is 13.0. The molecule has 0 aliphatic rings. The molecule has 0 radical (unpaired) electrons. The minimum atomic E-state index is -0.225. The Bertz CT molecular complexity index is 1470. The Labute approximate surface area is 198 Å². The van der Waals surface area contributed by atoms with Crippen molar-refractivity contribution in [1.82, 2.24) is 15.0 Å². The van der Waals surface area contributed by atoms with Crippen molar-refractivity contribution in [3.05, 3.63) is 64.6 Å². The number of amides is 1. The third kappa shape index (κ3) is 3.96. The van der Waals surface area contributed by atoms with E-state index in [1.807, 2.05) is 54.9 Å². The number of fused-ring (bicyclic) bond motifs is 1. The zero-order valence-corrected chi connectivity index (χ0v) is 19.8. The maximum atomic E-state index is 13.0. The monoisotopic (exact) mass is 476 g/mol. The summed E-state index contributed by atoms with van der Waals surface area (Å²) in [5.41, 5.74) is 4.40. The Morgan fingerprint density at radius 3 is 2.70 bits per heavy atom. The van der Waals surface area contributed by atoms with Gasteiger partial charge in [-0.05, 0) is 31.2 Å². The summed E-state index contributed by atoms with van der Waals surface area (Å²) >= 11 is 2.73. The molecule has 0 aliphatic heterocycles. The zero-order chi connectivity index (χ0) is 22.9. The molecule has 0 saturated carbocycles. The van der Waals surface area contributed by atoms with Crippen molar-refractivity contribution < 1.29 is 14.3 Å². The summed E-state index contributed by atoms with van der Waals surface area (Å²) in [4.78, 5) is 26.0. The number of rotatable bonds is 6. The molecule has 3 aromatic heterocycles. The van der Waals surface area contributed by atoms with Crippen LogP contribution in [0, 0.1) is 6.92 Å². The molecule has 5 aromatic rings. The molecule has 0 spiro atoms. The van der Waals surface area contributed by atoms with Gasteiger partial charge < -0.3 is 14.5 Å². The van der Waals surface area contributed by atoms with Crippen molar-refractivity contribution >= 4 is 44.6 Å². The van der Waals surface area contributed by atoms with Crippen LogP contribution in [0.3, 0.4) is 0 Å². The van der Waals surface area contributed by atoms with E-state index < -0.39 is 0 Å². The fraction of sp³-hybridized carbons (Fsp3) is 0.125. The largest absolute Gasteiger partial charge is 0.493 e. The van der Waals surface area contributed by atoms with Gasteiger partial charge in [-0.3, -0.25) is 10.1 Å². The van der Waals surface area contributed by atoms with E-state index in [2.05, 4.69) is 26.3 Å². The topological polar surface area (TPSA) is 89.1 Å². The fourth-order valence-corrected chi connectivity index (χ4v) is 5.26. The van der Waals surface area contributed by atoms with Crippen LogP contribution in [-0.2, 0) is 0 Å². The lowest BCUT2D eigenvalue weighted by Gasteiger charge is -2.08. The summed E-state index contributed by atoms with van der Waals surface area (Å²) in [7, 11) is 3.18. The molecule has 9 heteroatoms. The van der Waals surface area contributed by atoms with Crippen LogP contribution >= 0.6 is 22.7 Å². The van der Waals surface area contributed by atoms with E-state index in [1.54, 1.807) is 14.2 Å². The first-order valence-corrected chi connectivity index (χ1v) is 11.8. The molecule has 0 fully saturated rings. The summed E-state index contributed by atoms with van der Waals surface area (Å²) in [6.07, 6.45) is 1.94. The van der Waals surface area contributed by atoms with E-state index >= 15 is 0 Å². The molecule has 7 nitrogen and oxygen atoms in total. The van der Waals surface area contributed by atoms with Gasteiger partial charge in [0.15, 0.2) is 16.6 Å². The molecule has 0 unspecified atom stereocenters. The fourth-order valence-electron chi connectivity index (χ4n) is 3.59. The second kappa shape index (κ2) is 8.68. The van der Waals surface area contributed by atoms with Crippen LogP contribution in [0.25, 0.3) is 32.7 Å². The number of aromatic amines is 1. The number of H-pyrrole nitrogens is 1. The highest BCUT2D eigenvalue weighted by Crippen LogP contribution is 2.36. The number of nitrogens with zero attached hydrogens (tertiary/aromatic N) is 2. The summed E-state index contributed by atoms with van der Waals surface area (Å²) < 4.78 is 10.7. The maximum Gasteiger partial charge on any atom is 0.269 e. The number of benzene rings is 2. The van der Waals surface area contributed by atoms with Crippen molar-refractivity contribution in [2.45, 2.75) is 6.92 Å². The van der Waals surface area contributed by atoms with E-state index in [1.165, 1.54) is 22.7 Å². The number of carbonyl (C=O) groups excluding carboxylic acids is 1. The molecule has 33 heavy (non-hydrogen) atoms. The average Bonchev–Trinajstić information content (AvgIpc) is 3.56. The Morgan fingerprint density at radius 2 is 1.88 bits per heavy atom. The number of thiazole rings is 2. The van der Waals surface area contributed by atoms with Gasteiger partial charge in [0.25, 0.3) is 5.91 Å². The van der Waals surface area contributed by atoms with Gasteiger partial charge in [0.1, 0.15) is 9.88 Å². The van der Waals surface area contributed by atoms with Gasteiger partial charge in [-0.2, -0.15) is 0 Å². The lowest BCUT2D eigenvalue weighted by molar-refractivity contribution is 0.103. The van der Waals surface area contributed by atoms with E-state index in [0.717, 1.165) is 32.7 Å². The number of aryl methyl sites for hydroxylation is 1. The standard InChI is InChI=1S/C24H20N4O3S2/c1-13-21(33-23(26-13)14-8-9-19(30-2)20(10-14)31-3)22(29)28-24-27-18(12-32-24)16-11-25-17-7-5-4-6-15(16)17/h4-12,25H,1-3H3,(H,27,28,29). The number of hydrogen-bond donors (Lipinski definition) is 2. The van der Waals surface area contributed by atoms with Crippen molar-refractivity contribution in [2.75, 3.05) is 19.5 Å².